The molecule has 1 amide bonds. The van der Waals surface area contributed by atoms with Crippen molar-refractivity contribution in [1.82, 2.24) is 20.4 Å². The fraction of sp³-hybridized carbons (Fsp3) is 0.444. The molecule has 1 aliphatic rings. The lowest BCUT2D eigenvalue weighted by Crippen LogP contribution is -2.36. The number of likely N-dealkylation sites (tertiary alicyclic amines) is 1. The van der Waals surface area contributed by atoms with Gasteiger partial charge in [0.2, 0.25) is 5.89 Å². The lowest BCUT2D eigenvalue weighted by Gasteiger charge is -2.14. The van der Waals surface area contributed by atoms with Crippen molar-refractivity contribution in [2.45, 2.75) is 38.3 Å². The smallest absolute Gasteiger partial charge is 0.251 e. The van der Waals surface area contributed by atoms with Crippen LogP contribution in [-0.2, 0) is 0 Å². The number of nitriles is 1. The van der Waals surface area contributed by atoms with Gasteiger partial charge in [-0.1, -0.05) is 19.0 Å². The summed E-state index contributed by atoms with van der Waals surface area (Å²) in [5.41, 5.74) is 1.08. The van der Waals surface area contributed by atoms with Gasteiger partial charge in [-0.25, -0.2) is 0 Å². The lowest BCUT2D eigenvalue weighted by molar-refractivity contribution is 0.0938. The number of rotatable bonds is 4. The number of carbonyl (C=O) groups excluding carboxylic acids is 1. The predicted molar refractivity (Wildman–Crippen MR) is 90.8 cm³/mol. The van der Waals surface area contributed by atoms with Gasteiger partial charge >= 0.3 is 0 Å². The molecule has 2 unspecified atom stereocenters. The van der Waals surface area contributed by atoms with Crippen LogP contribution in [0.15, 0.2) is 28.8 Å². The van der Waals surface area contributed by atoms with Crippen molar-refractivity contribution in [1.29, 1.82) is 5.26 Å². The molecule has 7 heteroatoms. The maximum absolute atomic E-state index is 12.4. The van der Waals surface area contributed by atoms with E-state index in [0.717, 1.165) is 6.42 Å². The third kappa shape index (κ3) is 3.69. The minimum absolute atomic E-state index is 0.00580. The molecule has 3 rings (SSSR count). The molecule has 2 aromatic rings. The van der Waals surface area contributed by atoms with Gasteiger partial charge in [-0.15, -0.1) is 0 Å². The summed E-state index contributed by atoms with van der Waals surface area (Å²) in [5, 5.41) is 15.9. The molecule has 1 aromatic carbocycles. The molecule has 2 heterocycles. The molecule has 0 radical (unpaired) electrons. The van der Waals surface area contributed by atoms with Gasteiger partial charge in [0.25, 0.3) is 5.91 Å². The Bertz CT molecular complexity index is 791. The Hall–Kier alpha value is -2.72. The highest BCUT2D eigenvalue weighted by molar-refractivity contribution is 5.94. The summed E-state index contributed by atoms with van der Waals surface area (Å²) >= 11 is 0. The van der Waals surface area contributed by atoms with Crippen molar-refractivity contribution in [3.63, 3.8) is 0 Å². The van der Waals surface area contributed by atoms with Gasteiger partial charge in [0.05, 0.1) is 17.7 Å². The molecule has 130 valence electrons. The second kappa shape index (κ2) is 7.03. The number of nitrogens with zero attached hydrogens (tertiary/aromatic N) is 4. The normalized spacial score (nSPS) is 20.6. The van der Waals surface area contributed by atoms with Crippen LogP contribution in [0.4, 0.5) is 0 Å². The van der Waals surface area contributed by atoms with Gasteiger partial charge in [-0.3, -0.25) is 9.69 Å². The zero-order valence-electron chi connectivity index (χ0n) is 14.6. The Balaban J connectivity index is 1.64. The van der Waals surface area contributed by atoms with E-state index in [0.29, 0.717) is 29.4 Å². The molecule has 1 aromatic heterocycles. The quantitative estimate of drug-likeness (QED) is 0.918. The van der Waals surface area contributed by atoms with Crippen molar-refractivity contribution in [3.05, 3.63) is 47.1 Å². The van der Waals surface area contributed by atoms with Gasteiger partial charge in [-0.05, 0) is 37.7 Å². The van der Waals surface area contributed by atoms with E-state index < -0.39 is 0 Å². The summed E-state index contributed by atoms with van der Waals surface area (Å²) in [5.74, 6) is 1.38. The van der Waals surface area contributed by atoms with Crippen molar-refractivity contribution in [2.75, 3.05) is 13.6 Å². The number of benzene rings is 1. The summed E-state index contributed by atoms with van der Waals surface area (Å²) in [7, 11) is 1.98. The molecule has 1 saturated heterocycles. The standard InChI is InChI=1S/C18H21N5O2/c1-11(2)16-21-18(25-22-16)15-8-14(10-23(15)3)20-17(24)13-6-4-12(9-19)5-7-13/h4-7,11,14-15H,8,10H2,1-3H3,(H,20,24). The zero-order chi connectivity index (χ0) is 18.0. The summed E-state index contributed by atoms with van der Waals surface area (Å²) < 4.78 is 5.40. The fourth-order valence-electron chi connectivity index (χ4n) is 2.97. The molecule has 0 aliphatic carbocycles. The molecule has 25 heavy (non-hydrogen) atoms. The van der Waals surface area contributed by atoms with Crippen molar-refractivity contribution in [2.24, 2.45) is 0 Å². The van der Waals surface area contributed by atoms with Crippen molar-refractivity contribution < 1.29 is 9.32 Å². The van der Waals surface area contributed by atoms with Crippen LogP contribution >= 0.6 is 0 Å². The average Bonchev–Trinajstić information content (AvgIpc) is 3.21. The Morgan fingerprint density at radius 1 is 1.40 bits per heavy atom. The third-order valence-corrected chi connectivity index (χ3v) is 4.42. The first kappa shape index (κ1) is 17.1. The van der Waals surface area contributed by atoms with E-state index in [1.54, 1.807) is 24.3 Å². The number of likely N-dealkylation sites (N-methyl/N-ethyl adjacent to an activating group) is 1. The summed E-state index contributed by atoms with van der Waals surface area (Å²) in [6.07, 6.45) is 0.720. The van der Waals surface area contributed by atoms with Gasteiger partial charge in [0.1, 0.15) is 0 Å². The van der Waals surface area contributed by atoms with Crippen LogP contribution in [0, 0.1) is 11.3 Å². The van der Waals surface area contributed by atoms with Crippen LogP contribution in [0.2, 0.25) is 0 Å². The van der Waals surface area contributed by atoms with Crippen LogP contribution in [0.5, 0.6) is 0 Å². The first-order valence-corrected chi connectivity index (χ1v) is 8.32. The molecular formula is C18H21N5O2. The van der Waals surface area contributed by atoms with Gasteiger partial charge in [-0.2, -0.15) is 10.2 Å². The summed E-state index contributed by atoms with van der Waals surface area (Å²) in [4.78, 5) is 19.0. The Morgan fingerprint density at radius 3 is 2.72 bits per heavy atom. The molecule has 0 bridgehead atoms. The minimum atomic E-state index is -0.142. The summed E-state index contributed by atoms with van der Waals surface area (Å²) in [6.45, 7) is 4.76. The maximum atomic E-state index is 12.4. The van der Waals surface area contributed by atoms with Gasteiger partial charge in [0, 0.05) is 24.1 Å². The minimum Gasteiger partial charge on any atom is -0.348 e. The molecule has 7 nitrogen and oxygen atoms in total. The van der Waals surface area contributed by atoms with Crippen LogP contribution in [0.25, 0.3) is 0 Å². The molecule has 2 atom stereocenters. The molecule has 1 aliphatic heterocycles. The van der Waals surface area contributed by atoms with Crippen LogP contribution < -0.4 is 5.32 Å². The third-order valence-electron chi connectivity index (χ3n) is 4.42. The Kier molecular flexibility index (Phi) is 4.81. The monoisotopic (exact) mass is 339 g/mol. The second-order valence-electron chi connectivity index (χ2n) is 6.70. The fourth-order valence-corrected chi connectivity index (χ4v) is 2.97. The molecule has 0 spiro atoms. The Morgan fingerprint density at radius 2 is 2.12 bits per heavy atom. The van der Waals surface area contributed by atoms with Crippen LogP contribution in [-0.4, -0.2) is 40.6 Å². The van der Waals surface area contributed by atoms with Gasteiger partial charge in [0.15, 0.2) is 5.82 Å². The predicted octanol–water partition coefficient (Wildman–Crippen LogP) is 2.24. The number of nitrogens with one attached hydrogen (secondary N) is 1. The molecule has 1 fully saturated rings. The highest BCUT2D eigenvalue weighted by Crippen LogP contribution is 2.30. The first-order valence-electron chi connectivity index (χ1n) is 8.32. The zero-order valence-corrected chi connectivity index (χ0v) is 14.6. The molecule has 0 saturated carbocycles. The van der Waals surface area contributed by atoms with Crippen LogP contribution in [0.1, 0.15) is 59.9 Å². The van der Waals surface area contributed by atoms with E-state index in [-0.39, 0.29) is 23.9 Å². The van der Waals surface area contributed by atoms with E-state index in [1.165, 1.54) is 0 Å². The SMILES string of the molecule is CC(C)c1noc(C2CC(NC(=O)c3ccc(C#N)cc3)CN2C)n1. The Labute approximate surface area is 146 Å². The largest absolute Gasteiger partial charge is 0.348 e. The van der Waals surface area contributed by atoms with E-state index in [1.807, 2.05) is 27.0 Å². The lowest BCUT2D eigenvalue weighted by atomic mass is 10.1. The van der Waals surface area contributed by atoms with Crippen molar-refractivity contribution >= 4 is 5.91 Å². The highest BCUT2D eigenvalue weighted by Gasteiger charge is 2.35. The van der Waals surface area contributed by atoms with E-state index in [2.05, 4.69) is 20.4 Å². The van der Waals surface area contributed by atoms with Crippen molar-refractivity contribution in [3.8, 4) is 6.07 Å². The van der Waals surface area contributed by atoms with E-state index in [9.17, 15) is 4.79 Å². The molecular weight excluding hydrogens is 318 g/mol. The summed E-state index contributed by atoms with van der Waals surface area (Å²) in [6, 6.07) is 8.67. The first-order chi connectivity index (χ1) is 12.0. The van der Waals surface area contributed by atoms with E-state index >= 15 is 0 Å². The van der Waals surface area contributed by atoms with E-state index in [4.69, 9.17) is 9.78 Å². The van der Waals surface area contributed by atoms with Crippen LogP contribution in [0.3, 0.4) is 0 Å². The topological polar surface area (TPSA) is 95.0 Å². The molecule has 1 N–H and O–H groups in total. The second-order valence-corrected chi connectivity index (χ2v) is 6.70. The maximum Gasteiger partial charge on any atom is 0.251 e. The number of amides is 1. The van der Waals surface area contributed by atoms with Gasteiger partial charge < -0.3 is 9.84 Å². The average molecular weight is 339 g/mol. The highest BCUT2D eigenvalue weighted by atomic mass is 16.5. The number of hydrogen-bond donors (Lipinski definition) is 1. The number of hydrogen-bond acceptors (Lipinski definition) is 6. The number of aromatic nitrogens is 2. The number of carbonyl (C=O) groups is 1.